The van der Waals surface area contributed by atoms with Crippen molar-refractivity contribution in [3.63, 3.8) is 0 Å². The van der Waals surface area contributed by atoms with Crippen LogP contribution in [0.1, 0.15) is 38.5 Å². The predicted molar refractivity (Wildman–Crippen MR) is 74.7 cm³/mol. The number of carbonyl (C=O) groups is 1. The monoisotopic (exact) mass is 262 g/mol. The van der Waals surface area contributed by atoms with E-state index >= 15 is 0 Å². The molecule has 1 fully saturated rings. The van der Waals surface area contributed by atoms with Gasteiger partial charge in [-0.05, 0) is 43.5 Å². The molecule has 0 atom stereocenters. The molecule has 104 valence electrons. The Kier molecular flexibility index (Phi) is 5.25. The van der Waals surface area contributed by atoms with Gasteiger partial charge in [-0.25, -0.2) is 0 Å². The lowest BCUT2D eigenvalue weighted by Gasteiger charge is -2.09. The smallest absolute Gasteiger partial charge is 0.136 e. The summed E-state index contributed by atoms with van der Waals surface area (Å²) >= 11 is 0. The molecule has 3 nitrogen and oxygen atoms in total. The Balaban J connectivity index is 1.64. The SMILES string of the molecule is COc1ccc(OCCCC(=O)C2CCCC2)cc1. The Morgan fingerprint density at radius 2 is 1.79 bits per heavy atom. The third-order valence-corrected chi connectivity index (χ3v) is 3.71. The number of benzene rings is 1. The summed E-state index contributed by atoms with van der Waals surface area (Å²) in [5, 5.41) is 0. The summed E-state index contributed by atoms with van der Waals surface area (Å²) in [6.45, 7) is 0.602. The molecule has 1 aromatic carbocycles. The van der Waals surface area contributed by atoms with Crippen LogP contribution in [0.2, 0.25) is 0 Å². The molecule has 0 bridgehead atoms. The molecule has 0 unspecified atom stereocenters. The van der Waals surface area contributed by atoms with Crippen molar-refractivity contribution in [3.8, 4) is 11.5 Å². The van der Waals surface area contributed by atoms with Crippen LogP contribution < -0.4 is 9.47 Å². The van der Waals surface area contributed by atoms with Crippen molar-refractivity contribution in [2.24, 2.45) is 5.92 Å². The fourth-order valence-corrected chi connectivity index (χ4v) is 2.56. The molecule has 2 rings (SSSR count). The van der Waals surface area contributed by atoms with Gasteiger partial charge >= 0.3 is 0 Å². The van der Waals surface area contributed by atoms with Gasteiger partial charge in [0, 0.05) is 12.3 Å². The molecule has 0 heterocycles. The topological polar surface area (TPSA) is 35.5 Å². The van der Waals surface area contributed by atoms with Gasteiger partial charge in [-0.3, -0.25) is 4.79 Å². The minimum atomic E-state index is 0.334. The van der Waals surface area contributed by atoms with Crippen LogP contribution >= 0.6 is 0 Å². The highest BCUT2D eigenvalue weighted by Crippen LogP contribution is 2.26. The molecule has 0 aliphatic heterocycles. The number of ketones is 1. The average Bonchev–Trinajstić information content (AvgIpc) is 2.98. The first-order chi connectivity index (χ1) is 9.29. The number of methoxy groups -OCH3 is 1. The van der Waals surface area contributed by atoms with Crippen molar-refractivity contribution in [1.29, 1.82) is 0 Å². The fraction of sp³-hybridized carbons (Fsp3) is 0.562. The summed E-state index contributed by atoms with van der Waals surface area (Å²) in [6, 6.07) is 7.52. The van der Waals surface area contributed by atoms with Crippen LogP contribution in [0.5, 0.6) is 11.5 Å². The quantitative estimate of drug-likeness (QED) is 0.704. The maximum Gasteiger partial charge on any atom is 0.136 e. The van der Waals surface area contributed by atoms with E-state index in [1.807, 2.05) is 24.3 Å². The lowest BCUT2D eigenvalue weighted by molar-refractivity contribution is -0.122. The highest BCUT2D eigenvalue weighted by atomic mass is 16.5. The summed E-state index contributed by atoms with van der Waals surface area (Å²) in [4.78, 5) is 11.9. The molecule has 1 saturated carbocycles. The van der Waals surface area contributed by atoms with E-state index < -0.39 is 0 Å². The molecule has 0 amide bonds. The van der Waals surface area contributed by atoms with Crippen molar-refractivity contribution in [3.05, 3.63) is 24.3 Å². The molecule has 0 N–H and O–H groups in total. The van der Waals surface area contributed by atoms with Gasteiger partial charge in [0.2, 0.25) is 0 Å². The summed E-state index contributed by atoms with van der Waals surface area (Å²) in [5.41, 5.74) is 0. The molecule has 0 saturated heterocycles. The third-order valence-electron chi connectivity index (χ3n) is 3.71. The van der Waals surface area contributed by atoms with Crippen LogP contribution in [0.25, 0.3) is 0 Å². The van der Waals surface area contributed by atoms with Crippen LogP contribution in [0.4, 0.5) is 0 Å². The predicted octanol–water partition coefficient (Wildman–Crippen LogP) is 3.61. The Hall–Kier alpha value is -1.51. The molecule has 19 heavy (non-hydrogen) atoms. The normalized spacial score (nSPS) is 15.4. The van der Waals surface area contributed by atoms with E-state index in [4.69, 9.17) is 9.47 Å². The van der Waals surface area contributed by atoms with E-state index in [0.29, 0.717) is 24.7 Å². The van der Waals surface area contributed by atoms with Crippen molar-refractivity contribution in [2.45, 2.75) is 38.5 Å². The molecule has 0 spiro atoms. The molecular formula is C16H22O3. The second-order valence-corrected chi connectivity index (χ2v) is 5.08. The second kappa shape index (κ2) is 7.17. The van der Waals surface area contributed by atoms with Crippen molar-refractivity contribution < 1.29 is 14.3 Å². The first-order valence-corrected chi connectivity index (χ1v) is 7.09. The van der Waals surface area contributed by atoms with Crippen LogP contribution in [-0.2, 0) is 4.79 Å². The summed E-state index contributed by atoms with van der Waals surface area (Å²) in [7, 11) is 1.64. The van der Waals surface area contributed by atoms with E-state index in [1.54, 1.807) is 7.11 Å². The maximum absolute atomic E-state index is 11.9. The largest absolute Gasteiger partial charge is 0.497 e. The van der Waals surface area contributed by atoms with Gasteiger partial charge in [0.05, 0.1) is 13.7 Å². The molecule has 0 radical (unpaired) electrons. The van der Waals surface area contributed by atoms with Gasteiger partial charge in [0.1, 0.15) is 17.3 Å². The molecule has 0 aromatic heterocycles. The standard InChI is InChI=1S/C16H22O3/c1-18-14-8-10-15(11-9-14)19-12-4-7-16(17)13-5-2-3-6-13/h8-11,13H,2-7,12H2,1H3. The lowest BCUT2D eigenvalue weighted by atomic mass is 9.99. The zero-order chi connectivity index (χ0) is 13.5. The summed E-state index contributed by atoms with van der Waals surface area (Å²) < 4.78 is 10.7. The minimum Gasteiger partial charge on any atom is -0.497 e. The van der Waals surface area contributed by atoms with E-state index in [9.17, 15) is 4.79 Å². The Morgan fingerprint density at radius 3 is 2.42 bits per heavy atom. The van der Waals surface area contributed by atoms with E-state index in [0.717, 1.165) is 30.8 Å². The maximum atomic E-state index is 11.9. The first-order valence-electron chi connectivity index (χ1n) is 7.09. The summed E-state index contributed by atoms with van der Waals surface area (Å²) in [6.07, 6.45) is 6.09. The summed E-state index contributed by atoms with van der Waals surface area (Å²) in [5.74, 6) is 2.41. The van der Waals surface area contributed by atoms with Crippen molar-refractivity contribution >= 4 is 5.78 Å². The van der Waals surface area contributed by atoms with E-state index in [1.165, 1.54) is 12.8 Å². The number of hydrogen-bond donors (Lipinski definition) is 0. The van der Waals surface area contributed by atoms with Crippen molar-refractivity contribution in [2.75, 3.05) is 13.7 Å². The average molecular weight is 262 g/mol. The Bertz CT molecular complexity index is 391. The lowest BCUT2D eigenvalue weighted by Crippen LogP contribution is -2.11. The number of hydrogen-bond acceptors (Lipinski definition) is 3. The van der Waals surface area contributed by atoms with Crippen LogP contribution in [0, 0.1) is 5.92 Å². The molecular weight excluding hydrogens is 240 g/mol. The van der Waals surface area contributed by atoms with Crippen LogP contribution in [0.3, 0.4) is 0 Å². The Labute approximate surface area is 114 Å². The number of ether oxygens (including phenoxy) is 2. The molecule has 3 heteroatoms. The van der Waals surface area contributed by atoms with Crippen LogP contribution in [-0.4, -0.2) is 19.5 Å². The molecule has 1 aliphatic carbocycles. The van der Waals surface area contributed by atoms with E-state index in [2.05, 4.69) is 0 Å². The van der Waals surface area contributed by atoms with Gasteiger partial charge in [0.15, 0.2) is 0 Å². The van der Waals surface area contributed by atoms with Gasteiger partial charge in [-0.2, -0.15) is 0 Å². The number of Topliss-reactive ketones (excluding diaryl/α,β-unsaturated/α-hetero) is 1. The highest BCUT2D eigenvalue weighted by molar-refractivity contribution is 5.81. The van der Waals surface area contributed by atoms with Gasteiger partial charge < -0.3 is 9.47 Å². The number of rotatable bonds is 7. The zero-order valence-electron chi connectivity index (χ0n) is 11.6. The van der Waals surface area contributed by atoms with Crippen molar-refractivity contribution in [1.82, 2.24) is 0 Å². The second-order valence-electron chi connectivity index (χ2n) is 5.08. The van der Waals surface area contributed by atoms with Gasteiger partial charge in [0.25, 0.3) is 0 Å². The van der Waals surface area contributed by atoms with E-state index in [-0.39, 0.29) is 0 Å². The fourth-order valence-electron chi connectivity index (χ4n) is 2.56. The van der Waals surface area contributed by atoms with Gasteiger partial charge in [-0.1, -0.05) is 12.8 Å². The first kappa shape index (κ1) is 13.9. The van der Waals surface area contributed by atoms with Gasteiger partial charge in [-0.15, -0.1) is 0 Å². The highest BCUT2D eigenvalue weighted by Gasteiger charge is 2.21. The number of carbonyl (C=O) groups excluding carboxylic acids is 1. The molecule has 1 aromatic rings. The minimum absolute atomic E-state index is 0.334. The molecule has 1 aliphatic rings. The Morgan fingerprint density at radius 1 is 1.16 bits per heavy atom. The third kappa shape index (κ3) is 4.27. The zero-order valence-corrected chi connectivity index (χ0v) is 11.6. The van der Waals surface area contributed by atoms with Crippen LogP contribution in [0.15, 0.2) is 24.3 Å².